The zero-order valence-electron chi connectivity index (χ0n) is 10.0. The molecule has 0 aliphatic carbocycles. The molecule has 1 aromatic rings. The van der Waals surface area contributed by atoms with Gasteiger partial charge in [-0.1, -0.05) is 5.16 Å². The van der Waals surface area contributed by atoms with Crippen LogP contribution in [0, 0.1) is 5.92 Å². The number of nitrogens with one attached hydrogen (secondary N) is 1. The molecule has 1 aromatic heterocycles. The van der Waals surface area contributed by atoms with Gasteiger partial charge in [-0.15, -0.1) is 0 Å². The third-order valence-corrected chi connectivity index (χ3v) is 3.56. The summed E-state index contributed by atoms with van der Waals surface area (Å²) < 4.78 is 10.9. The van der Waals surface area contributed by atoms with E-state index in [1.165, 1.54) is 12.8 Å². The van der Waals surface area contributed by atoms with Gasteiger partial charge in [0.25, 0.3) is 0 Å². The van der Waals surface area contributed by atoms with Crippen LogP contribution in [0.1, 0.15) is 43.5 Å². The van der Waals surface area contributed by atoms with Crippen LogP contribution in [-0.4, -0.2) is 29.8 Å². The molecule has 0 saturated carbocycles. The SMILES string of the molecule is C1CNCC(Cc2nc(C3CCCO3)no2)C1. The monoisotopic (exact) mass is 237 g/mol. The first-order valence-electron chi connectivity index (χ1n) is 6.56. The molecule has 0 spiro atoms. The Hall–Kier alpha value is -0.940. The van der Waals surface area contributed by atoms with Crippen molar-refractivity contribution in [3.8, 4) is 0 Å². The molecule has 0 aromatic carbocycles. The summed E-state index contributed by atoms with van der Waals surface area (Å²) in [4.78, 5) is 4.46. The van der Waals surface area contributed by atoms with Gasteiger partial charge >= 0.3 is 0 Å². The first-order valence-corrected chi connectivity index (χ1v) is 6.56. The molecule has 3 heterocycles. The van der Waals surface area contributed by atoms with Gasteiger partial charge in [-0.05, 0) is 44.7 Å². The van der Waals surface area contributed by atoms with Crippen LogP contribution in [-0.2, 0) is 11.2 Å². The minimum atomic E-state index is 0.0666. The zero-order valence-corrected chi connectivity index (χ0v) is 10.0. The first-order chi connectivity index (χ1) is 8.42. The van der Waals surface area contributed by atoms with Gasteiger partial charge in [-0.3, -0.25) is 0 Å². The van der Waals surface area contributed by atoms with Crippen LogP contribution in [0.4, 0.5) is 0 Å². The second kappa shape index (κ2) is 5.14. The van der Waals surface area contributed by atoms with Crippen LogP contribution in [0.5, 0.6) is 0 Å². The van der Waals surface area contributed by atoms with Crippen LogP contribution < -0.4 is 5.32 Å². The van der Waals surface area contributed by atoms with E-state index < -0.39 is 0 Å². The largest absolute Gasteiger partial charge is 0.370 e. The normalized spacial score (nSPS) is 29.6. The summed E-state index contributed by atoms with van der Waals surface area (Å²) >= 11 is 0. The maximum Gasteiger partial charge on any atom is 0.227 e. The van der Waals surface area contributed by atoms with Gasteiger partial charge in [0.05, 0.1) is 0 Å². The number of ether oxygens (including phenoxy) is 1. The number of hydrogen-bond donors (Lipinski definition) is 1. The maximum absolute atomic E-state index is 5.54. The van der Waals surface area contributed by atoms with Crippen LogP contribution >= 0.6 is 0 Å². The molecule has 0 amide bonds. The van der Waals surface area contributed by atoms with E-state index in [0.717, 1.165) is 50.7 Å². The molecule has 2 saturated heterocycles. The molecule has 2 atom stereocenters. The molecular formula is C12H19N3O2. The van der Waals surface area contributed by atoms with E-state index in [2.05, 4.69) is 15.5 Å². The minimum Gasteiger partial charge on any atom is -0.370 e. The van der Waals surface area contributed by atoms with Crippen molar-refractivity contribution in [3.05, 3.63) is 11.7 Å². The molecule has 17 heavy (non-hydrogen) atoms. The zero-order chi connectivity index (χ0) is 11.5. The Labute approximate surface area is 101 Å². The number of piperidine rings is 1. The van der Waals surface area contributed by atoms with E-state index in [1.807, 2.05) is 0 Å². The van der Waals surface area contributed by atoms with Gasteiger partial charge < -0.3 is 14.6 Å². The summed E-state index contributed by atoms with van der Waals surface area (Å²) in [6.45, 7) is 3.03. The molecule has 2 fully saturated rings. The maximum atomic E-state index is 5.54. The lowest BCUT2D eigenvalue weighted by atomic mass is 9.96. The van der Waals surface area contributed by atoms with Crippen molar-refractivity contribution in [2.75, 3.05) is 19.7 Å². The molecule has 2 unspecified atom stereocenters. The molecule has 0 bridgehead atoms. The van der Waals surface area contributed by atoms with E-state index in [9.17, 15) is 0 Å². The molecule has 1 N–H and O–H groups in total. The Morgan fingerprint density at radius 1 is 1.29 bits per heavy atom. The standard InChI is InChI=1S/C12H19N3O2/c1-3-9(8-13-5-1)7-11-14-12(15-17-11)10-4-2-6-16-10/h9-10,13H,1-8H2. The van der Waals surface area contributed by atoms with Crippen molar-refractivity contribution in [3.63, 3.8) is 0 Å². The molecule has 2 aliphatic heterocycles. The minimum absolute atomic E-state index is 0.0666. The third kappa shape index (κ3) is 2.66. The summed E-state index contributed by atoms with van der Waals surface area (Å²) in [5.74, 6) is 2.15. The highest BCUT2D eigenvalue weighted by Gasteiger charge is 2.24. The Bertz CT molecular complexity index is 354. The van der Waals surface area contributed by atoms with Gasteiger partial charge in [0, 0.05) is 13.0 Å². The Morgan fingerprint density at radius 3 is 3.06 bits per heavy atom. The summed E-state index contributed by atoms with van der Waals surface area (Å²) in [6, 6.07) is 0. The lowest BCUT2D eigenvalue weighted by molar-refractivity contribution is 0.103. The smallest absolute Gasteiger partial charge is 0.227 e. The van der Waals surface area contributed by atoms with Crippen LogP contribution in [0.3, 0.4) is 0 Å². The number of nitrogens with zero attached hydrogens (tertiary/aromatic N) is 2. The highest BCUT2D eigenvalue weighted by Crippen LogP contribution is 2.26. The van der Waals surface area contributed by atoms with E-state index in [4.69, 9.17) is 9.26 Å². The molecule has 3 rings (SSSR count). The average molecular weight is 237 g/mol. The van der Waals surface area contributed by atoms with Crippen molar-refractivity contribution < 1.29 is 9.26 Å². The number of rotatable bonds is 3. The summed E-state index contributed by atoms with van der Waals surface area (Å²) in [6.07, 6.45) is 5.58. The lowest BCUT2D eigenvalue weighted by Gasteiger charge is -2.20. The van der Waals surface area contributed by atoms with E-state index >= 15 is 0 Å². The van der Waals surface area contributed by atoms with Crippen molar-refractivity contribution >= 4 is 0 Å². The average Bonchev–Trinajstić information content (AvgIpc) is 3.00. The highest BCUT2D eigenvalue weighted by atomic mass is 16.5. The van der Waals surface area contributed by atoms with Crippen molar-refractivity contribution in [1.82, 2.24) is 15.5 Å². The predicted molar refractivity (Wildman–Crippen MR) is 61.5 cm³/mol. The van der Waals surface area contributed by atoms with Gasteiger partial charge in [0.1, 0.15) is 6.10 Å². The second-order valence-corrected chi connectivity index (χ2v) is 4.96. The molecule has 5 heteroatoms. The van der Waals surface area contributed by atoms with Crippen molar-refractivity contribution in [2.24, 2.45) is 5.92 Å². The first kappa shape index (κ1) is 11.2. The quantitative estimate of drug-likeness (QED) is 0.862. The predicted octanol–water partition coefficient (Wildman–Crippen LogP) is 1.46. The van der Waals surface area contributed by atoms with Crippen LogP contribution in [0.25, 0.3) is 0 Å². The summed E-state index contributed by atoms with van der Waals surface area (Å²) in [7, 11) is 0. The number of hydrogen-bond acceptors (Lipinski definition) is 5. The van der Waals surface area contributed by atoms with Crippen LogP contribution in [0.2, 0.25) is 0 Å². The fourth-order valence-corrected chi connectivity index (χ4v) is 2.61. The fraction of sp³-hybridized carbons (Fsp3) is 0.833. The second-order valence-electron chi connectivity index (χ2n) is 4.96. The van der Waals surface area contributed by atoms with Gasteiger partial charge in [0.15, 0.2) is 0 Å². The summed E-state index contributed by atoms with van der Waals surface area (Å²) in [5.41, 5.74) is 0. The van der Waals surface area contributed by atoms with Gasteiger partial charge in [-0.2, -0.15) is 4.98 Å². The number of aromatic nitrogens is 2. The lowest BCUT2D eigenvalue weighted by Crippen LogP contribution is -2.30. The van der Waals surface area contributed by atoms with Crippen molar-refractivity contribution in [2.45, 2.75) is 38.2 Å². The van der Waals surface area contributed by atoms with Gasteiger partial charge in [0.2, 0.25) is 11.7 Å². The molecule has 94 valence electrons. The molecule has 5 nitrogen and oxygen atoms in total. The van der Waals surface area contributed by atoms with E-state index in [-0.39, 0.29) is 6.10 Å². The molecule has 0 radical (unpaired) electrons. The van der Waals surface area contributed by atoms with E-state index in [1.54, 1.807) is 0 Å². The Morgan fingerprint density at radius 2 is 2.29 bits per heavy atom. The fourth-order valence-electron chi connectivity index (χ4n) is 2.61. The van der Waals surface area contributed by atoms with Crippen molar-refractivity contribution in [1.29, 1.82) is 0 Å². The Kier molecular flexibility index (Phi) is 3.38. The summed E-state index contributed by atoms with van der Waals surface area (Å²) in [5, 5.41) is 7.43. The van der Waals surface area contributed by atoms with Crippen LogP contribution in [0.15, 0.2) is 4.52 Å². The Balaban J connectivity index is 1.59. The topological polar surface area (TPSA) is 60.2 Å². The molecule has 2 aliphatic rings. The third-order valence-electron chi connectivity index (χ3n) is 3.56. The van der Waals surface area contributed by atoms with Gasteiger partial charge in [-0.25, -0.2) is 0 Å². The highest BCUT2D eigenvalue weighted by molar-refractivity contribution is 4.94. The molecular weight excluding hydrogens is 218 g/mol. The van der Waals surface area contributed by atoms with E-state index in [0.29, 0.717) is 5.92 Å².